The van der Waals surface area contributed by atoms with Gasteiger partial charge in [-0.15, -0.1) is 0 Å². The Morgan fingerprint density at radius 2 is 1.94 bits per heavy atom. The van der Waals surface area contributed by atoms with Crippen LogP contribution in [-0.2, 0) is 6.42 Å². The second kappa shape index (κ2) is 5.88. The first-order chi connectivity index (χ1) is 8.22. The second-order valence-electron chi connectivity index (χ2n) is 5.17. The first kappa shape index (κ1) is 12.9. The molecule has 2 rings (SSSR count). The quantitative estimate of drug-likeness (QED) is 0.853. The second-order valence-corrected chi connectivity index (χ2v) is 5.58. The first-order valence-corrected chi connectivity index (χ1v) is 7.13. The van der Waals surface area contributed by atoms with E-state index in [9.17, 15) is 0 Å². The summed E-state index contributed by atoms with van der Waals surface area (Å²) in [6, 6.07) is 6.79. The predicted molar refractivity (Wildman–Crippen MR) is 74.6 cm³/mol. The van der Waals surface area contributed by atoms with Crippen LogP contribution in [0, 0.1) is 0 Å². The summed E-state index contributed by atoms with van der Waals surface area (Å²) in [6.07, 6.45) is 7.00. The van der Waals surface area contributed by atoms with Crippen molar-refractivity contribution < 1.29 is 0 Å². The van der Waals surface area contributed by atoms with Crippen molar-refractivity contribution >= 4 is 11.6 Å². The highest BCUT2D eigenvalue weighted by Crippen LogP contribution is 2.36. The van der Waals surface area contributed by atoms with E-state index < -0.39 is 0 Å². The molecular formula is C15H22ClN. The summed E-state index contributed by atoms with van der Waals surface area (Å²) in [5.41, 5.74) is 8.83. The number of rotatable bonds is 3. The molecule has 1 aliphatic carbocycles. The average Bonchev–Trinajstić information content (AvgIpc) is 2.33. The summed E-state index contributed by atoms with van der Waals surface area (Å²) in [7, 11) is 0. The van der Waals surface area contributed by atoms with Gasteiger partial charge in [-0.05, 0) is 55.2 Å². The van der Waals surface area contributed by atoms with Crippen molar-refractivity contribution in [2.75, 3.05) is 0 Å². The van der Waals surface area contributed by atoms with Crippen molar-refractivity contribution in [2.45, 2.75) is 57.4 Å². The lowest BCUT2D eigenvalue weighted by Crippen LogP contribution is -2.26. The maximum atomic E-state index is 6.33. The maximum Gasteiger partial charge on any atom is 0.0440 e. The molecule has 0 saturated heterocycles. The SMILES string of the molecule is CCCc1c(Cl)cccc1C1CCC(N)CC1. The van der Waals surface area contributed by atoms with E-state index in [1.54, 1.807) is 0 Å². The lowest BCUT2D eigenvalue weighted by Gasteiger charge is -2.28. The highest BCUT2D eigenvalue weighted by atomic mass is 35.5. The number of nitrogens with two attached hydrogens (primary N) is 1. The minimum absolute atomic E-state index is 0.417. The summed E-state index contributed by atoms with van der Waals surface area (Å²) in [6.45, 7) is 2.21. The average molecular weight is 252 g/mol. The number of benzene rings is 1. The van der Waals surface area contributed by atoms with E-state index >= 15 is 0 Å². The van der Waals surface area contributed by atoms with Crippen LogP contribution in [0.25, 0.3) is 0 Å². The van der Waals surface area contributed by atoms with E-state index in [-0.39, 0.29) is 0 Å². The molecule has 0 bridgehead atoms. The fraction of sp³-hybridized carbons (Fsp3) is 0.600. The fourth-order valence-electron chi connectivity index (χ4n) is 2.90. The van der Waals surface area contributed by atoms with Crippen LogP contribution < -0.4 is 5.73 Å². The standard InChI is InChI=1S/C15H22ClN/c1-2-4-14-13(5-3-6-15(14)16)11-7-9-12(17)10-8-11/h3,5-6,11-12H,2,4,7-10,17H2,1H3. The Balaban J connectivity index is 2.22. The molecule has 1 aromatic rings. The summed E-state index contributed by atoms with van der Waals surface area (Å²) in [5.74, 6) is 0.676. The highest BCUT2D eigenvalue weighted by Gasteiger charge is 2.22. The van der Waals surface area contributed by atoms with Crippen LogP contribution in [0.5, 0.6) is 0 Å². The van der Waals surface area contributed by atoms with Gasteiger partial charge in [0.15, 0.2) is 0 Å². The maximum absolute atomic E-state index is 6.33. The first-order valence-electron chi connectivity index (χ1n) is 6.75. The van der Waals surface area contributed by atoms with Crippen molar-refractivity contribution in [1.29, 1.82) is 0 Å². The minimum Gasteiger partial charge on any atom is -0.328 e. The van der Waals surface area contributed by atoms with Gasteiger partial charge in [-0.1, -0.05) is 37.1 Å². The molecule has 2 N–H and O–H groups in total. The number of hydrogen-bond donors (Lipinski definition) is 1. The molecule has 0 unspecified atom stereocenters. The summed E-state index contributed by atoms with van der Waals surface area (Å²) >= 11 is 6.33. The van der Waals surface area contributed by atoms with E-state index in [0.29, 0.717) is 12.0 Å². The zero-order chi connectivity index (χ0) is 12.3. The summed E-state index contributed by atoms with van der Waals surface area (Å²) in [4.78, 5) is 0. The molecular weight excluding hydrogens is 230 g/mol. The van der Waals surface area contributed by atoms with Crippen LogP contribution in [0.2, 0.25) is 5.02 Å². The Morgan fingerprint density at radius 3 is 2.59 bits per heavy atom. The van der Waals surface area contributed by atoms with Crippen molar-refractivity contribution in [3.8, 4) is 0 Å². The van der Waals surface area contributed by atoms with E-state index in [1.165, 1.54) is 24.0 Å². The van der Waals surface area contributed by atoms with Gasteiger partial charge in [-0.3, -0.25) is 0 Å². The lowest BCUT2D eigenvalue weighted by molar-refractivity contribution is 0.394. The molecule has 0 atom stereocenters. The Kier molecular flexibility index (Phi) is 4.47. The Hall–Kier alpha value is -0.530. The highest BCUT2D eigenvalue weighted by molar-refractivity contribution is 6.31. The van der Waals surface area contributed by atoms with Crippen molar-refractivity contribution in [3.05, 3.63) is 34.3 Å². The molecule has 1 fully saturated rings. The van der Waals surface area contributed by atoms with E-state index in [0.717, 1.165) is 30.7 Å². The third kappa shape index (κ3) is 3.02. The van der Waals surface area contributed by atoms with Gasteiger partial charge in [0.05, 0.1) is 0 Å². The number of halogens is 1. The van der Waals surface area contributed by atoms with Crippen LogP contribution in [0.3, 0.4) is 0 Å². The van der Waals surface area contributed by atoms with Crippen LogP contribution in [0.1, 0.15) is 56.1 Å². The predicted octanol–water partition coefficient (Wildman–Crippen LogP) is 4.28. The minimum atomic E-state index is 0.417. The van der Waals surface area contributed by atoms with Crippen molar-refractivity contribution in [2.24, 2.45) is 5.73 Å². The molecule has 0 radical (unpaired) electrons. The monoisotopic (exact) mass is 251 g/mol. The van der Waals surface area contributed by atoms with Gasteiger partial charge in [-0.25, -0.2) is 0 Å². The molecule has 0 aliphatic heterocycles. The van der Waals surface area contributed by atoms with E-state index in [4.69, 9.17) is 17.3 Å². The molecule has 1 aliphatic rings. The third-order valence-corrected chi connectivity index (χ3v) is 4.22. The molecule has 1 saturated carbocycles. The van der Waals surface area contributed by atoms with Crippen LogP contribution in [0.15, 0.2) is 18.2 Å². The smallest absolute Gasteiger partial charge is 0.0440 e. The zero-order valence-electron chi connectivity index (χ0n) is 10.6. The number of hydrogen-bond acceptors (Lipinski definition) is 1. The molecule has 17 heavy (non-hydrogen) atoms. The normalized spacial score (nSPS) is 24.9. The summed E-state index contributed by atoms with van der Waals surface area (Å²) in [5, 5.41) is 0.944. The summed E-state index contributed by atoms with van der Waals surface area (Å²) < 4.78 is 0. The Labute approximate surface area is 109 Å². The van der Waals surface area contributed by atoms with Gasteiger partial charge in [0.2, 0.25) is 0 Å². The van der Waals surface area contributed by atoms with Crippen molar-refractivity contribution in [1.82, 2.24) is 0 Å². The van der Waals surface area contributed by atoms with Gasteiger partial charge < -0.3 is 5.73 Å². The molecule has 2 heteroatoms. The molecule has 0 amide bonds. The topological polar surface area (TPSA) is 26.0 Å². The molecule has 0 spiro atoms. The molecule has 0 aromatic heterocycles. The molecule has 1 nitrogen and oxygen atoms in total. The van der Waals surface area contributed by atoms with Gasteiger partial charge in [0.1, 0.15) is 0 Å². The Bertz CT molecular complexity index is 367. The zero-order valence-corrected chi connectivity index (χ0v) is 11.3. The molecule has 1 aromatic carbocycles. The third-order valence-electron chi connectivity index (χ3n) is 3.87. The van der Waals surface area contributed by atoms with Crippen molar-refractivity contribution in [3.63, 3.8) is 0 Å². The van der Waals surface area contributed by atoms with Crippen LogP contribution in [0.4, 0.5) is 0 Å². The van der Waals surface area contributed by atoms with Crippen LogP contribution in [-0.4, -0.2) is 6.04 Å². The fourth-order valence-corrected chi connectivity index (χ4v) is 3.18. The molecule has 94 valence electrons. The van der Waals surface area contributed by atoms with Gasteiger partial charge >= 0.3 is 0 Å². The van der Waals surface area contributed by atoms with E-state index in [1.807, 2.05) is 6.07 Å². The van der Waals surface area contributed by atoms with Gasteiger partial charge in [0.25, 0.3) is 0 Å². The van der Waals surface area contributed by atoms with E-state index in [2.05, 4.69) is 19.1 Å². The van der Waals surface area contributed by atoms with Crippen LogP contribution >= 0.6 is 11.6 Å². The lowest BCUT2D eigenvalue weighted by atomic mass is 9.80. The largest absolute Gasteiger partial charge is 0.328 e. The molecule has 0 heterocycles. The van der Waals surface area contributed by atoms with Gasteiger partial charge in [-0.2, -0.15) is 0 Å². The van der Waals surface area contributed by atoms with Gasteiger partial charge in [0, 0.05) is 11.1 Å². The Morgan fingerprint density at radius 1 is 1.24 bits per heavy atom.